The lowest BCUT2D eigenvalue weighted by Crippen LogP contribution is -2.63. The number of rotatable bonds is 4. The maximum Gasteiger partial charge on any atom is 0.417 e. The molecular formula is C21H22F3N7O3S. The van der Waals surface area contributed by atoms with E-state index in [2.05, 4.69) is 20.6 Å². The third kappa shape index (κ3) is 4.05. The minimum atomic E-state index is -4.60. The minimum Gasteiger partial charge on any atom is -0.465 e. The number of likely N-dealkylation sites (tertiary alicyclic amines) is 1. The maximum atomic E-state index is 13.9. The van der Waals surface area contributed by atoms with Crippen LogP contribution in [-0.2, 0) is 6.18 Å². The van der Waals surface area contributed by atoms with Crippen LogP contribution in [0, 0.1) is 5.92 Å². The molecule has 0 aromatic carbocycles. The fraction of sp³-hybridized carbons (Fsp3) is 0.476. The first-order chi connectivity index (χ1) is 16.7. The number of anilines is 1. The van der Waals surface area contributed by atoms with Crippen LogP contribution < -0.4 is 10.2 Å². The van der Waals surface area contributed by atoms with E-state index in [0.717, 1.165) is 17.4 Å². The summed E-state index contributed by atoms with van der Waals surface area (Å²) in [5.41, 5.74) is -0.678. The van der Waals surface area contributed by atoms with Crippen molar-refractivity contribution in [2.75, 3.05) is 31.6 Å². The molecule has 0 radical (unpaired) electrons. The number of hydrogen-bond acceptors (Lipinski definition) is 7. The first-order valence-corrected chi connectivity index (χ1v) is 11.9. The number of piperidine rings is 1. The van der Waals surface area contributed by atoms with Gasteiger partial charge in [0.2, 0.25) is 0 Å². The number of aromatic nitrogens is 4. The molecule has 0 aliphatic carbocycles. The van der Waals surface area contributed by atoms with Gasteiger partial charge < -0.3 is 20.2 Å². The summed E-state index contributed by atoms with van der Waals surface area (Å²) in [6, 6.07) is 0.629. The maximum absolute atomic E-state index is 13.9. The Morgan fingerprint density at radius 2 is 2.00 bits per heavy atom. The molecule has 2 amide bonds. The van der Waals surface area contributed by atoms with Crippen LogP contribution in [0.4, 0.5) is 23.8 Å². The van der Waals surface area contributed by atoms with E-state index in [9.17, 15) is 27.9 Å². The molecule has 2 fully saturated rings. The zero-order valence-electron chi connectivity index (χ0n) is 18.6. The number of nitrogens with one attached hydrogen (secondary N) is 1. The zero-order valence-corrected chi connectivity index (χ0v) is 19.4. The molecule has 35 heavy (non-hydrogen) atoms. The first kappa shape index (κ1) is 23.3. The van der Waals surface area contributed by atoms with Crippen molar-refractivity contribution >= 4 is 39.4 Å². The van der Waals surface area contributed by atoms with Gasteiger partial charge in [-0.3, -0.25) is 4.79 Å². The summed E-state index contributed by atoms with van der Waals surface area (Å²) >= 11 is 0.847. The Morgan fingerprint density at radius 1 is 1.26 bits per heavy atom. The smallest absolute Gasteiger partial charge is 0.417 e. The van der Waals surface area contributed by atoms with Crippen molar-refractivity contribution in [1.29, 1.82) is 0 Å². The Bertz CT molecular complexity index is 1260. The number of hydrogen-bond donors (Lipinski definition) is 2. The highest BCUT2D eigenvalue weighted by atomic mass is 32.1. The molecule has 2 unspecified atom stereocenters. The summed E-state index contributed by atoms with van der Waals surface area (Å²) in [6.07, 6.45) is -1.21. The molecule has 2 atom stereocenters. The van der Waals surface area contributed by atoms with Gasteiger partial charge in [-0.2, -0.15) is 13.2 Å². The Labute approximate surface area is 201 Å². The zero-order chi connectivity index (χ0) is 24.9. The third-order valence-electron chi connectivity index (χ3n) is 6.80. The molecule has 10 nitrogen and oxygen atoms in total. The number of nitrogens with zero attached hydrogens (tertiary/aromatic N) is 6. The molecule has 3 aromatic heterocycles. The highest BCUT2D eigenvalue weighted by Gasteiger charge is 2.48. The van der Waals surface area contributed by atoms with Crippen LogP contribution in [0.2, 0.25) is 0 Å². The first-order valence-electron chi connectivity index (χ1n) is 11.0. The molecule has 0 saturated carbocycles. The van der Waals surface area contributed by atoms with Crippen LogP contribution in [0.5, 0.6) is 0 Å². The van der Waals surface area contributed by atoms with Crippen molar-refractivity contribution in [1.82, 2.24) is 30.2 Å². The van der Waals surface area contributed by atoms with E-state index in [-0.39, 0.29) is 39.6 Å². The van der Waals surface area contributed by atoms with Gasteiger partial charge in [0.05, 0.1) is 39.6 Å². The number of carbonyl (C=O) groups is 2. The lowest BCUT2D eigenvalue weighted by atomic mass is 9.79. The molecule has 3 aromatic rings. The van der Waals surface area contributed by atoms with Gasteiger partial charge in [-0.05, 0) is 24.8 Å². The predicted octanol–water partition coefficient (Wildman–Crippen LogP) is 3.09. The molecule has 14 heteroatoms. The second kappa shape index (κ2) is 8.66. The monoisotopic (exact) mass is 509 g/mol. The lowest BCUT2D eigenvalue weighted by molar-refractivity contribution is -0.136. The van der Waals surface area contributed by atoms with Gasteiger partial charge in [-0.25, -0.2) is 14.5 Å². The minimum absolute atomic E-state index is 0.0127. The number of alkyl halides is 3. The Balaban J connectivity index is 1.40. The SMILES string of the molecule is CNC(=O)c1csc2c(C(F)(F)F)cc(N3CCC(C4C(n5ccnn5)CN4C(=O)O)CC3)nc12. The molecule has 5 heterocycles. The molecule has 0 spiro atoms. The van der Waals surface area contributed by atoms with Crippen molar-refractivity contribution in [3.05, 3.63) is 35.0 Å². The molecule has 2 aliphatic heterocycles. The van der Waals surface area contributed by atoms with Gasteiger partial charge >= 0.3 is 12.3 Å². The summed E-state index contributed by atoms with van der Waals surface area (Å²) in [6.45, 7) is 1.14. The second-order valence-electron chi connectivity index (χ2n) is 8.63. The van der Waals surface area contributed by atoms with Crippen LogP contribution in [0.25, 0.3) is 10.2 Å². The number of pyridine rings is 1. The van der Waals surface area contributed by atoms with Gasteiger partial charge in [-0.1, -0.05) is 5.21 Å². The number of amides is 2. The fourth-order valence-corrected chi connectivity index (χ4v) is 6.07. The van der Waals surface area contributed by atoms with Gasteiger partial charge in [-0.15, -0.1) is 16.4 Å². The van der Waals surface area contributed by atoms with Crippen LogP contribution >= 0.6 is 11.3 Å². The van der Waals surface area contributed by atoms with E-state index in [1.165, 1.54) is 17.3 Å². The van der Waals surface area contributed by atoms with Gasteiger partial charge in [0.25, 0.3) is 5.91 Å². The van der Waals surface area contributed by atoms with E-state index in [0.29, 0.717) is 32.5 Å². The van der Waals surface area contributed by atoms with Crippen molar-refractivity contribution < 1.29 is 27.9 Å². The second-order valence-corrected chi connectivity index (χ2v) is 9.51. The average Bonchev–Trinajstić information content (AvgIpc) is 3.47. The van der Waals surface area contributed by atoms with E-state index >= 15 is 0 Å². The number of carboxylic acid groups (broad SMARTS) is 1. The van der Waals surface area contributed by atoms with E-state index in [4.69, 9.17) is 0 Å². The number of halogens is 3. The summed E-state index contributed by atoms with van der Waals surface area (Å²) in [5.74, 6) is -0.326. The number of thiophene rings is 1. The molecule has 2 N–H and O–H groups in total. The highest BCUT2D eigenvalue weighted by Crippen LogP contribution is 2.42. The Hall–Kier alpha value is -3.42. The normalized spacial score (nSPS) is 21.3. The van der Waals surface area contributed by atoms with Crippen molar-refractivity contribution in [3.63, 3.8) is 0 Å². The van der Waals surface area contributed by atoms with Crippen LogP contribution in [0.15, 0.2) is 23.8 Å². The third-order valence-corrected chi connectivity index (χ3v) is 7.80. The molecule has 5 rings (SSSR count). The quantitative estimate of drug-likeness (QED) is 0.555. The molecule has 2 aliphatic rings. The topological polar surface area (TPSA) is 116 Å². The van der Waals surface area contributed by atoms with E-state index in [1.807, 2.05) is 0 Å². The van der Waals surface area contributed by atoms with E-state index < -0.39 is 23.7 Å². The largest absolute Gasteiger partial charge is 0.465 e. The predicted molar refractivity (Wildman–Crippen MR) is 121 cm³/mol. The van der Waals surface area contributed by atoms with Gasteiger partial charge in [0, 0.05) is 38.3 Å². The average molecular weight is 510 g/mol. The molecular weight excluding hydrogens is 487 g/mol. The molecule has 2 saturated heterocycles. The van der Waals surface area contributed by atoms with Crippen LogP contribution in [0.1, 0.15) is 34.8 Å². The summed E-state index contributed by atoms with van der Waals surface area (Å²) in [4.78, 5) is 31.5. The Kier molecular flexibility index (Phi) is 5.77. The lowest BCUT2D eigenvalue weighted by Gasteiger charge is -2.51. The van der Waals surface area contributed by atoms with E-state index in [1.54, 1.807) is 22.0 Å². The Morgan fingerprint density at radius 3 is 2.60 bits per heavy atom. The number of fused-ring (bicyclic) bond motifs is 1. The molecule has 186 valence electrons. The van der Waals surface area contributed by atoms with Crippen molar-refractivity contribution in [2.24, 2.45) is 5.92 Å². The highest BCUT2D eigenvalue weighted by molar-refractivity contribution is 7.17. The summed E-state index contributed by atoms with van der Waals surface area (Å²) in [5, 5.41) is 21.2. The molecule has 0 bridgehead atoms. The summed E-state index contributed by atoms with van der Waals surface area (Å²) < 4.78 is 43.2. The van der Waals surface area contributed by atoms with Gasteiger partial charge in [0.1, 0.15) is 5.82 Å². The van der Waals surface area contributed by atoms with Crippen molar-refractivity contribution in [2.45, 2.75) is 31.1 Å². The number of carbonyl (C=O) groups excluding carboxylic acids is 1. The van der Waals surface area contributed by atoms with Gasteiger partial charge in [0.15, 0.2) is 0 Å². The standard InChI is InChI=1S/C21H22F3N7O3S/c1-25-19(32)12-10-35-18-13(21(22,23)24)8-15(27-16(12)18)29-5-2-11(3-6-29)17-14(9-30(17)20(33)34)31-7-4-26-28-31/h4,7-8,10-11,14,17H,2-3,5-6,9H2,1H3,(H,25,32)(H,33,34). The fourth-order valence-electron chi connectivity index (χ4n) is 5.04. The van der Waals surface area contributed by atoms with Crippen LogP contribution in [-0.4, -0.2) is 74.7 Å². The van der Waals surface area contributed by atoms with Crippen LogP contribution in [0.3, 0.4) is 0 Å². The van der Waals surface area contributed by atoms with Crippen molar-refractivity contribution in [3.8, 4) is 0 Å². The summed E-state index contributed by atoms with van der Waals surface area (Å²) in [7, 11) is 1.42.